The summed E-state index contributed by atoms with van der Waals surface area (Å²) in [6.45, 7) is 0. The summed E-state index contributed by atoms with van der Waals surface area (Å²) in [5, 5.41) is 5.35. The summed E-state index contributed by atoms with van der Waals surface area (Å²) in [4.78, 5) is 12.9. The molecule has 0 saturated heterocycles. The molecule has 5 nitrogen and oxygen atoms in total. The van der Waals surface area contributed by atoms with Gasteiger partial charge in [0, 0.05) is 22.9 Å². The van der Waals surface area contributed by atoms with Crippen molar-refractivity contribution in [2.75, 3.05) is 7.11 Å². The predicted octanol–water partition coefficient (Wildman–Crippen LogP) is 7.36. The van der Waals surface area contributed by atoms with E-state index in [9.17, 15) is 4.79 Å². The van der Waals surface area contributed by atoms with Crippen molar-refractivity contribution in [2.24, 2.45) is 0 Å². The standard InChI is InChI=1S/C29H21ClN2O3/c1-34-23-14-11-20(12-15-23)29-21(19-32(31-29)22-7-3-2-4-8-22)13-16-26(33)28-18-17-27(35-28)24-9-5-6-10-25(24)30/h2-19H,1H3. The minimum absolute atomic E-state index is 0.234. The van der Waals surface area contributed by atoms with Crippen molar-refractivity contribution in [3.63, 3.8) is 0 Å². The average molecular weight is 481 g/mol. The van der Waals surface area contributed by atoms with Gasteiger partial charge in [0.2, 0.25) is 5.78 Å². The molecular weight excluding hydrogens is 460 g/mol. The molecule has 0 saturated carbocycles. The van der Waals surface area contributed by atoms with Crippen LogP contribution in [0.15, 0.2) is 108 Å². The van der Waals surface area contributed by atoms with Crippen LogP contribution in [0.4, 0.5) is 0 Å². The summed E-state index contributed by atoms with van der Waals surface area (Å²) >= 11 is 6.26. The lowest BCUT2D eigenvalue weighted by Gasteiger charge is -2.02. The van der Waals surface area contributed by atoms with Crippen molar-refractivity contribution < 1.29 is 13.9 Å². The van der Waals surface area contributed by atoms with Gasteiger partial charge in [0.25, 0.3) is 0 Å². The highest BCUT2D eigenvalue weighted by Crippen LogP contribution is 2.30. The van der Waals surface area contributed by atoms with Crippen LogP contribution in [-0.2, 0) is 0 Å². The number of nitrogens with zero attached hydrogens (tertiary/aromatic N) is 2. The Bertz CT molecular complexity index is 1500. The van der Waals surface area contributed by atoms with Crippen LogP contribution < -0.4 is 4.74 Å². The van der Waals surface area contributed by atoms with E-state index in [2.05, 4.69) is 0 Å². The van der Waals surface area contributed by atoms with Gasteiger partial charge in [-0.1, -0.05) is 41.9 Å². The van der Waals surface area contributed by atoms with Gasteiger partial charge in [0.15, 0.2) is 5.76 Å². The first-order valence-corrected chi connectivity index (χ1v) is 11.4. The molecule has 0 unspecified atom stereocenters. The highest BCUT2D eigenvalue weighted by molar-refractivity contribution is 6.33. The maximum atomic E-state index is 12.9. The van der Waals surface area contributed by atoms with Crippen LogP contribution in [-0.4, -0.2) is 22.7 Å². The summed E-state index contributed by atoms with van der Waals surface area (Å²) in [5.41, 5.74) is 4.11. The van der Waals surface area contributed by atoms with Gasteiger partial charge in [-0.05, 0) is 72.8 Å². The second kappa shape index (κ2) is 9.87. The Morgan fingerprint density at radius 3 is 2.43 bits per heavy atom. The number of ether oxygens (including phenoxy) is 1. The number of methoxy groups -OCH3 is 1. The molecule has 172 valence electrons. The van der Waals surface area contributed by atoms with E-state index in [4.69, 9.17) is 25.9 Å². The number of allylic oxidation sites excluding steroid dienone is 1. The predicted molar refractivity (Wildman–Crippen MR) is 138 cm³/mol. The van der Waals surface area contributed by atoms with Gasteiger partial charge in [-0.2, -0.15) is 5.10 Å². The number of hydrogen-bond acceptors (Lipinski definition) is 4. The minimum Gasteiger partial charge on any atom is -0.497 e. The Morgan fingerprint density at radius 2 is 1.69 bits per heavy atom. The number of carbonyl (C=O) groups is 1. The van der Waals surface area contributed by atoms with E-state index >= 15 is 0 Å². The van der Waals surface area contributed by atoms with Gasteiger partial charge in [-0.3, -0.25) is 4.79 Å². The molecule has 0 aliphatic carbocycles. The van der Waals surface area contributed by atoms with E-state index in [-0.39, 0.29) is 11.5 Å². The van der Waals surface area contributed by atoms with E-state index in [0.717, 1.165) is 33.8 Å². The summed E-state index contributed by atoms with van der Waals surface area (Å²) in [6, 6.07) is 28.2. The van der Waals surface area contributed by atoms with Crippen LogP contribution in [0.3, 0.4) is 0 Å². The van der Waals surface area contributed by atoms with Gasteiger partial charge in [-0.25, -0.2) is 4.68 Å². The molecule has 0 radical (unpaired) electrons. The van der Waals surface area contributed by atoms with Gasteiger partial charge in [0.1, 0.15) is 11.5 Å². The lowest BCUT2D eigenvalue weighted by Crippen LogP contribution is -1.94. The van der Waals surface area contributed by atoms with E-state index in [1.165, 1.54) is 6.08 Å². The number of aromatic nitrogens is 2. The molecular formula is C29H21ClN2O3. The van der Waals surface area contributed by atoms with E-state index < -0.39 is 0 Å². The lowest BCUT2D eigenvalue weighted by molar-refractivity contribution is 0.102. The Morgan fingerprint density at radius 1 is 0.943 bits per heavy atom. The third kappa shape index (κ3) is 4.81. The van der Waals surface area contributed by atoms with Crippen molar-refractivity contribution in [3.8, 4) is 34.0 Å². The molecule has 0 aliphatic heterocycles. The summed E-state index contributed by atoms with van der Waals surface area (Å²) in [7, 11) is 1.63. The smallest absolute Gasteiger partial charge is 0.221 e. The zero-order valence-electron chi connectivity index (χ0n) is 18.9. The zero-order valence-corrected chi connectivity index (χ0v) is 19.6. The minimum atomic E-state index is -0.253. The molecule has 35 heavy (non-hydrogen) atoms. The van der Waals surface area contributed by atoms with Crippen LogP contribution in [0.1, 0.15) is 16.1 Å². The molecule has 5 aromatic rings. The number of furan rings is 1. The molecule has 2 heterocycles. The highest BCUT2D eigenvalue weighted by Gasteiger charge is 2.14. The molecule has 0 fully saturated rings. The molecule has 0 bridgehead atoms. The monoisotopic (exact) mass is 480 g/mol. The van der Waals surface area contributed by atoms with E-state index in [1.807, 2.05) is 79.0 Å². The fourth-order valence-corrected chi connectivity index (χ4v) is 3.95. The van der Waals surface area contributed by atoms with Crippen LogP contribution >= 0.6 is 11.6 Å². The van der Waals surface area contributed by atoms with Gasteiger partial charge in [-0.15, -0.1) is 0 Å². The second-order valence-electron chi connectivity index (χ2n) is 7.78. The largest absolute Gasteiger partial charge is 0.497 e. The van der Waals surface area contributed by atoms with Crippen LogP contribution in [0, 0.1) is 0 Å². The number of benzene rings is 3. The molecule has 0 atom stereocenters. The Hall–Kier alpha value is -4.35. The first kappa shape index (κ1) is 22.4. The quantitative estimate of drug-likeness (QED) is 0.180. The SMILES string of the molecule is COc1ccc(-c2nn(-c3ccccc3)cc2C=CC(=O)c2ccc(-c3ccccc3Cl)o2)cc1. The maximum Gasteiger partial charge on any atom is 0.221 e. The summed E-state index contributed by atoms with van der Waals surface area (Å²) in [5.74, 6) is 1.29. The Labute approximate surface area is 207 Å². The molecule has 0 spiro atoms. The molecule has 3 aromatic carbocycles. The number of hydrogen-bond donors (Lipinski definition) is 0. The number of rotatable bonds is 7. The molecule has 0 amide bonds. The van der Waals surface area contributed by atoms with Crippen molar-refractivity contribution in [3.05, 3.63) is 120 Å². The fraction of sp³-hybridized carbons (Fsp3) is 0.0345. The van der Waals surface area contributed by atoms with Gasteiger partial charge >= 0.3 is 0 Å². The Balaban J connectivity index is 1.47. The first-order chi connectivity index (χ1) is 17.1. The zero-order chi connectivity index (χ0) is 24.2. The molecule has 2 aromatic heterocycles. The average Bonchev–Trinajstić information content (AvgIpc) is 3.56. The maximum absolute atomic E-state index is 12.9. The number of ketones is 1. The normalized spacial score (nSPS) is 11.1. The van der Waals surface area contributed by atoms with Crippen molar-refractivity contribution in [1.82, 2.24) is 9.78 Å². The third-order valence-electron chi connectivity index (χ3n) is 5.53. The van der Waals surface area contributed by atoms with Crippen LogP contribution in [0.5, 0.6) is 5.75 Å². The lowest BCUT2D eigenvalue weighted by atomic mass is 10.1. The number of carbonyl (C=O) groups excluding carboxylic acids is 1. The second-order valence-corrected chi connectivity index (χ2v) is 8.19. The fourth-order valence-electron chi connectivity index (χ4n) is 3.72. The van der Waals surface area contributed by atoms with E-state index in [0.29, 0.717) is 10.8 Å². The molecule has 5 rings (SSSR count). The molecule has 6 heteroatoms. The van der Waals surface area contributed by atoms with Crippen molar-refractivity contribution >= 4 is 23.5 Å². The topological polar surface area (TPSA) is 57.3 Å². The van der Waals surface area contributed by atoms with Crippen LogP contribution in [0.2, 0.25) is 5.02 Å². The van der Waals surface area contributed by atoms with Gasteiger partial charge in [0.05, 0.1) is 23.5 Å². The van der Waals surface area contributed by atoms with Crippen molar-refractivity contribution in [2.45, 2.75) is 0 Å². The first-order valence-electron chi connectivity index (χ1n) is 11.0. The van der Waals surface area contributed by atoms with E-state index in [1.54, 1.807) is 36.1 Å². The highest BCUT2D eigenvalue weighted by atomic mass is 35.5. The Kier molecular flexibility index (Phi) is 6.33. The third-order valence-corrected chi connectivity index (χ3v) is 5.86. The summed E-state index contributed by atoms with van der Waals surface area (Å²) < 4.78 is 12.9. The number of halogens is 1. The van der Waals surface area contributed by atoms with Crippen molar-refractivity contribution in [1.29, 1.82) is 0 Å². The number of para-hydroxylation sites is 1. The summed E-state index contributed by atoms with van der Waals surface area (Å²) in [6.07, 6.45) is 5.15. The molecule has 0 N–H and O–H groups in total. The molecule has 0 aliphatic rings. The van der Waals surface area contributed by atoms with Gasteiger partial charge < -0.3 is 9.15 Å². The van der Waals surface area contributed by atoms with Crippen LogP contribution in [0.25, 0.3) is 34.3 Å².